The van der Waals surface area contributed by atoms with Gasteiger partial charge in [-0.25, -0.2) is 0 Å². The monoisotopic (exact) mass is 597 g/mol. The number of carbonyl (C=O) groups excluding carboxylic acids is 1. The van der Waals surface area contributed by atoms with Crippen molar-refractivity contribution in [2.75, 3.05) is 25.0 Å². The third-order valence-corrected chi connectivity index (χ3v) is 8.16. The van der Waals surface area contributed by atoms with E-state index in [1.54, 1.807) is 0 Å². The molecule has 8 nitrogen and oxygen atoms in total. The fraction of sp³-hybridized carbons (Fsp3) is 0.406. The number of nitro benzene ring substituents is 1. The van der Waals surface area contributed by atoms with Crippen LogP contribution in [0.4, 0.5) is 24.5 Å². The highest BCUT2D eigenvalue weighted by atomic mass is 19.4. The summed E-state index contributed by atoms with van der Waals surface area (Å²) in [7, 11) is 0. The first-order chi connectivity index (χ1) is 20.7. The van der Waals surface area contributed by atoms with Crippen LogP contribution in [-0.2, 0) is 15.7 Å². The number of nitrogens with zero attached hydrogens (tertiary/aromatic N) is 2. The summed E-state index contributed by atoms with van der Waals surface area (Å²) < 4.78 is 51.7. The van der Waals surface area contributed by atoms with Crippen LogP contribution in [0.2, 0.25) is 0 Å². The Labute approximate surface area is 247 Å². The number of carbonyl (C=O) groups is 1. The molecule has 0 bridgehead atoms. The van der Waals surface area contributed by atoms with E-state index in [2.05, 4.69) is 17.4 Å². The highest BCUT2D eigenvalue weighted by Gasteiger charge is 2.38. The number of nitro groups is 1. The first-order valence-electron chi connectivity index (χ1n) is 14.5. The lowest BCUT2D eigenvalue weighted by molar-refractivity contribution is -0.388. The first-order valence-corrected chi connectivity index (χ1v) is 14.5. The van der Waals surface area contributed by atoms with Crippen LogP contribution in [-0.4, -0.2) is 47.6 Å². The first kappa shape index (κ1) is 30.3. The van der Waals surface area contributed by atoms with E-state index in [-0.39, 0.29) is 30.3 Å². The summed E-state index contributed by atoms with van der Waals surface area (Å²) in [6, 6.07) is 20.6. The average Bonchev–Trinajstić information content (AvgIpc) is 3.01. The molecule has 43 heavy (non-hydrogen) atoms. The van der Waals surface area contributed by atoms with Crippen molar-refractivity contribution < 1.29 is 32.4 Å². The minimum Gasteiger partial charge on any atom is -0.457 e. The van der Waals surface area contributed by atoms with E-state index < -0.39 is 22.4 Å². The predicted molar refractivity (Wildman–Crippen MR) is 155 cm³/mol. The van der Waals surface area contributed by atoms with Crippen molar-refractivity contribution in [3.63, 3.8) is 0 Å². The van der Waals surface area contributed by atoms with Crippen LogP contribution in [0.1, 0.15) is 55.6 Å². The van der Waals surface area contributed by atoms with Crippen LogP contribution >= 0.6 is 0 Å². The number of amides is 1. The lowest BCUT2D eigenvalue weighted by atomic mass is 9.89. The molecule has 1 N–H and O–H groups in total. The summed E-state index contributed by atoms with van der Waals surface area (Å²) in [5, 5.41) is 14.1. The van der Waals surface area contributed by atoms with E-state index in [0.29, 0.717) is 44.7 Å². The van der Waals surface area contributed by atoms with E-state index >= 15 is 0 Å². The summed E-state index contributed by atoms with van der Waals surface area (Å²) >= 11 is 0. The van der Waals surface area contributed by atoms with Crippen molar-refractivity contribution in [2.45, 2.75) is 62.8 Å². The molecule has 1 amide bonds. The molecule has 3 aromatic rings. The van der Waals surface area contributed by atoms with E-state index in [1.807, 2.05) is 47.4 Å². The van der Waals surface area contributed by atoms with Crippen molar-refractivity contribution in [2.24, 2.45) is 0 Å². The molecule has 1 aliphatic carbocycles. The number of halogens is 3. The third kappa shape index (κ3) is 8.04. The molecule has 1 saturated carbocycles. The smallest absolute Gasteiger partial charge is 0.423 e. The van der Waals surface area contributed by atoms with Gasteiger partial charge in [0.2, 0.25) is 5.91 Å². The zero-order chi connectivity index (χ0) is 30.4. The number of alkyl halides is 3. The van der Waals surface area contributed by atoms with E-state index in [1.165, 1.54) is 11.6 Å². The fourth-order valence-corrected chi connectivity index (χ4v) is 5.80. The average molecular weight is 598 g/mol. The number of hydrogen-bond donors (Lipinski definition) is 1. The molecule has 228 valence electrons. The van der Waals surface area contributed by atoms with E-state index in [4.69, 9.17) is 9.47 Å². The Morgan fingerprint density at radius 1 is 0.907 bits per heavy atom. The zero-order valence-corrected chi connectivity index (χ0v) is 23.6. The maximum absolute atomic E-state index is 13.3. The number of anilines is 1. The molecule has 3 aromatic carbocycles. The molecule has 0 unspecified atom stereocenters. The Morgan fingerprint density at radius 2 is 1.56 bits per heavy atom. The van der Waals surface area contributed by atoms with Gasteiger partial charge in [0.15, 0.2) is 0 Å². The number of rotatable bonds is 9. The van der Waals surface area contributed by atoms with Gasteiger partial charge in [-0.2, -0.15) is 13.2 Å². The zero-order valence-electron chi connectivity index (χ0n) is 23.6. The lowest BCUT2D eigenvalue weighted by Crippen LogP contribution is -2.41. The van der Waals surface area contributed by atoms with Crippen LogP contribution in [0, 0.1) is 10.1 Å². The van der Waals surface area contributed by atoms with Crippen molar-refractivity contribution in [3.05, 3.63) is 94.0 Å². The minimum atomic E-state index is -4.82. The van der Waals surface area contributed by atoms with Gasteiger partial charge < -0.3 is 19.7 Å². The van der Waals surface area contributed by atoms with Gasteiger partial charge in [-0.05, 0) is 86.4 Å². The topological polar surface area (TPSA) is 93.9 Å². The van der Waals surface area contributed by atoms with E-state index in [0.717, 1.165) is 36.5 Å². The molecule has 1 aliphatic heterocycles. The van der Waals surface area contributed by atoms with Crippen LogP contribution in [0.15, 0.2) is 72.8 Å². The summed E-state index contributed by atoms with van der Waals surface area (Å²) in [4.78, 5) is 24.6. The highest BCUT2D eigenvalue weighted by Crippen LogP contribution is 2.38. The minimum absolute atomic E-state index is 0.0102. The highest BCUT2D eigenvalue weighted by molar-refractivity contribution is 5.77. The van der Waals surface area contributed by atoms with Gasteiger partial charge >= 0.3 is 6.18 Å². The standard InChI is InChI=1S/C32H34F3N3O5/c33-32(34,35)29-20-25(10-15-30(29)38(40)41)36-24-8-13-26(14-9-24)42-21-31(39)37-18-16-23(17-19-37)22-6-11-28(12-7-22)43-27-4-2-1-3-5-27/h1-7,10-12,15,20,23-24,26,36H,8-9,13-14,16-19,21H2. The van der Waals surface area contributed by atoms with Crippen molar-refractivity contribution >= 4 is 17.3 Å². The second-order valence-corrected chi connectivity index (χ2v) is 11.1. The second kappa shape index (κ2) is 13.5. The molecular formula is C32H34F3N3O5. The van der Waals surface area contributed by atoms with Gasteiger partial charge in [0, 0.05) is 30.9 Å². The molecule has 0 aromatic heterocycles. The molecule has 0 atom stereocenters. The third-order valence-electron chi connectivity index (χ3n) is 8.16. The Morgan fingerprint density at radius 3 is 2.19 bits per heavy atom. The Balaban J connectivity index is 1.02. The normalized spacial score (nSPS) is 19.6. The SMILES string of the molecule is O=C(COC1CCC(Nc2ccc([N+](=O)[O-])c(C(F)(F)F)c2)CC1)N1CCC(c2ccc(Oc3ccccc3)cc2)CC1. The molecule has 2 fully saturated rings. The molecule has 0 radical (unpaired) electrons. The molecule has 1 heterocycles. The predicted octanol–water partition coefficient (Wildman–Crippen LogP) is 7.55. The fourth-order valence-electron chi connectivity index (χ4n) is 5.80. The number of nitrogens with one attached hydrogen (secondary N) is 1. The molecule has 2 aliphatic rings. The van der Waals surface area contributed by atoms with Gasteiger partial charge in [0.1, 0.15) is 23.7 Å². The Kier molecular flexibility index (Phi) is 9.49. The summed E-state index contributed by atoms with van der Waals surface area (Å²) in [5.41, 5.74) is -0.810. The van der Waals surface area contributed by atoms with Crippen molar-refractivity contribution in [1.29, 1.82) is 0 Å². The van der Waals surface area contributed by atoms with Crippen LogP contribution in [0.3, 0.4) is 0 Å². The quantitative estimate of drug-likeness (QED) is 0.202. The maximum Gasteiger partial charge on any atom is 0.423 e. The van der Waals surface area contributed by atoms with Crippen molar-refractivity contribution in [1.82, 2.24) is 4.90 Å². The molecule has 11 heteroatoms. The molecule has 1 saturated heterocycles. The number of piperidine rings is 1. The molecule has 0 spiro atoms. The Bertz CT molecular complexity index is 1390. The Hall–Kier alpha value is -4.12. The van der Waals surface area contributed by atoms with Gasteiger partial charge in [-0.1, -0.05) is 30.3 Å². The summed E-state index contributed by atoms with van der Waals surface area (Å²) in [6.45, 7) is 1.35. The van der Waals surface area contributed by atoms with Gasteiger partial charge in [0.25, 0.3) is 5.69 Å². The number of hydrogen-bond acceptors (Lipinski definition) is 6. The number of benzene rings is 3. The summed E-state index contributed by atoms with van der Waals surface area (Å²) in [5.74, 6) is 1.92. The second-order valence-electron chi connectivity index (χ2n) is 11.1. The lowest BCUT2D eigenvalue weighted by Gasteiger charge is -2.33. The number of para-hydroxylation sites is 1. The summed E-state index contributed by atoms with van der Waals surface area (Å²) in [6.07, 6.45) is -0.544. The van der Waals surface area contributed by atoms with Crippen LogP contribution < -0.4 is 10.1 Å². The van der Waals surface area contributed by atoms with E-state index in [9.17, 15) is 28.1 Å². The largest absolute Gasteiger partial charge is 0.457 e. The number of likely N-dealkylation sites (tertiary alicyclic amines) is 1. The van der Waals surface area contributed by atoms with Crippen LogP contribution in [0.25, 0.3) is 0 Å². The van der Waals surface area contributed by atoms with Gasteiger partial charge in [-0.15, -0.1) is 0 Å². The van der Waals surface area contributed by atoms with Gasteiger partial charge in [0.05, 0.1) is 11.0 Å². The van der Waals surface area contributed by atoms with Crippen LogP contribution in [0.5, 0.6) is 11.5 Å². The maximum atomic E-state index is 13.3. The molecular weight excluding hydrogens is 563 g/mol. The van der Waals surface area contributed by atoms with Gasteiger partial charge in [-0.3, -0.25) is 14.9 Å². The molecule has 5 rings (SSSR count). The number of ether oxygens (including phenoxy) is 2. The van der Waals surface area contributed by atoms with Crippen molar-refractivity contribution in [3.8, 4) is 11.5 Å².